The van der Waals surface area contributed by atoms with Crippen molar-refractivity contribution in [3.63, 3.8) is 0 Å². The molecule has 0 aliphatic rings. The SMILES string of the molecule is Cc1cc(C)c(C#CCCN=[N+]=[N-])cc1C. The molecule has 0 aliphatic heterocycles. The summed E-state index contributed by atoms with van der Waals surface area (Å²) in [4.78, 5) is 2.68. The van der Waals surface area contributed by atoms with Crippen molar-refractivity contribution in [3.8, 4) is 11.8 Å². The summed E-state index contributed by atoms with van der Waals surface area (Å²) in [6.45, 7) is 6.68. The fraction of sp³-hybridized carbons (Fsp3) is 0.385. The van der Waals surface area contributed by atoms with Gasteiger partial charge in [-0.05, 0) is 49.1 Å². The number of aryl methyl sites for hydroxylation is 3. The molecule has 1 aromatic carbocycles. The average Bonchev–Trinajstić information content (AvgIpc) is 2.25. The zero-order valence-electron chi connectivity index (χ0n) is 9.91. The minimum atomic E-state index is 0.438. The fourth-order valence-electron chi connectivity index (χ4n) is 1.40. The lowest BCUT2D eigenvalue weighted by atomic mass is 10.0. The van der Waals surface area contributed by atoms with E-state index in [-0.39, 0.29) is 0 Å². The standard InChI is InChI=1S/C13H15N3/c1-10-8-12(3)13(9-11(10)2)6-4-5-7-15-16-14/h8-9H,5,7H2,1-3H3. The normalized spacial score (nSPS) is 8.94. The summed E-state index contributed by atoms with van der Waals surface area (Å²) in [7, 11) is 0. The van der Waals surface area contributed by atoms with Crippen molar-refractivity contribution in [3.05, 3.63) is 44.8 Å². The highest BCUT2D eigenvalue weighted by Crippen LogP contribution is 2.14. The van der Waals surface area contributed by atoms with Gasteiger partial charge in [-0.25, -0.2) is 0 Å². The molecule has 1 rings (SSSR count). The Kier molecular flexibility index (Phi) is 4.44. The van der Waals surface area contributed by atoms with Gasteiger partial charge in [0.05, 0.1) is 0 Å². The molecule has 0 aliphatic carbocycles. The largest absolute Gasteiger partial charge is 0.0978 e. The lowest BCUT2D eigenvalue weighted by molar-refractivity contribution is 1.01. The topological polar surface area (TPSA) is 48.8 Å². The van der Waals surface area contributed by atoms with Crippen LogP contribution >= 0.6 is 0 Å². The predicted octanol–water partition coefficient (Wildman–Crippen LogP) is 3.66. The van der Waals surface area contributed by atoms with Crippen LogP contribution in [0.3, 0.4) is 0 Å². The Bertz CT molecular complexity index is 486. The zero-order chi connectivity index (χ0) is 12.0. The number of azide groups is 1. The molecule has 0 radical (unpaired) electrons. The third-order valence-corrected chi connectivity index (χ3v) is 2.46. The summed E-state index contributed by atoms with van der Waals surface area (Å²) >= 11 is 0. The van der Waals surface area contributed by atoms with Crippen molar-refractivity contribution in [1.82, 2.24) is 0 Å². The van der Waals surface area contributed by atoms with E-state index in [1.54, 1.807) is 0 Å². The molecule has 1 aromatic rings. The Morgan fingerprint density at radius 1 is 1.19 bits per heavy atom. The molecular weight excluding hydrogens is 198 g/mol. The van der Waals surface area contributed by atoms with Gasteiger partial charge in [-0.3, -0.25) is 0 Å². The van der Waals surface area contributed by atoms with Crippen molar-refractivity contribution >= 4 is 0 Å². The van der Waals surface area contributed by atoms with Gasteiger partial charge in [-0.15, -0.1) is 0 Å². The predicted molar refractivity (Wildman–Crippen MR) is 66.2 cm³/mol. The van der Waals surface area contributed by atoms with E-state index >= 15 is 0 Å². The van der Waals surface area contributed by atoms with Gasteiger partial charge in [0.25, 0.3) is 0 Å². The minimum Gasteiger partial charge on any atom is -0.0978 e. The number of hydrogen-bond donors (Lipinski definition) is 0. The van der Waals surface area contributed by atoms with Gasteiger partial charge in [-0.1, -0.05) is 23.0 Å². The Hall–Kier alpha value is -1.91. The van der Waals surface area contributed by atoms with Crippen LogP contribution in [0.4, 0.5) is 0 Å². The molecule has 82 valence electrons. The second-order valence-electron chi connectivity index (χ2n) is 3.76. The maximum absolute atomic E-state index is 8.10. The molecule has 0 fully saturated rings. The van der Waals surface area contributed by atoms with Crippen LogP contribution in [0.2, 0.25) is 0 Å². The summed E-state index contributed by atoms with van der Waals surface area (Å²) in [5, 5.41) is 3.44. The molecule has 0 saturated heterocycles. The van der Waals surface area contributed by atoms with Crippen molar-refractivity contribution in [2.75, 3.05) is 6.54 Å². The molecule has 16 heavy (non-hydrogen) atoms. The molecular formula is C13H15N3. The molecule has 0 spiro atoms. The molecule has 3 heteroatoms. The van der Waals surface area contributed by atoms with Crippen LogP contribution in [0, 0.1) is 32.6 Å². The van der Waals surface area contributed by atoms with Crippen molar-refractivity contribution in [2.24, 2.45) is 5.11 Å². The van der Waals surface area contributed by atoms with Crippen LogP contribution < -0.4 is 0 Å². The van der Waals surface area contributed by atoms with Gasteiger partial charge in [0, 0.05) is 23.4 Å². The van der Waals surface area contributed by atoms with E-state index in [1.165, 1.54) is 16.7 Å². The molecule has 0 atom stereocenters. The highest BCUT2D eigenvalue weighted by Gasteiger charge is 1.98. The maximum atomic E-state index is 8.10. The Morgan fingerprint density at radius 2 is 1.88 bits per heavy atom. The number of benzene rings is 1. The fourth-order valence-corrected chi connectivity index (χ4v) is 1.40. The first-order valence-corrected chi connectivity index (χ1v) is 5.22. The van der Waals surface area contributed by atoms with Gasteiger partial charge in [0.2, 0.25) is 0 Å². The number of hydrogen-bond acceptors (Lipinski definition) is 1. The van der Waals surface area contributed by atoms with Crippen molar-refractivity contribution < 1.29 is 0 Å². The molecule has 0 amide bonds. The molecule has 0 saturated carbocycles. The van der Waals surface area contributed by atoms with Crippen LogP contribution in [0.1, 0.15) is 28.7 Å². The van der Waals surface area contributed by atoms with E-state index in [4.69, 9.17) is 5.53 Å². The van der Waals surface area contributed by atoms with E-state index in [0.29, 0.717) is 13.0 Å². The van der Waals surface area contributed by atoms with Crippen LogP contribution in [0.15, 0.2) is 17.2 Å². The third kappa shape index (κ3) is 3.34. The first-order valence-electron chi connectivity index (χ1n) is 5.22. The van der Waals surface area contributed by atoms with Gasteiger partial charge in [-0.2, -0.15) is 0 Å². The van der Waals surface area contributed by atoms with E-state index in [1.807, 2.05) is 0 Å². The molecule has 0 unspecified atom stereocenters. The average molecular weight is 213 g/mol. The highest BCUT2D eigenvalue weighted by atomic mass is 15.1. The third-order valence-electron chi connectivity index (χ3n) is 2.46. The lowest BCUT2D eigenvalue weighted by Gasteiger charge is -2.03. The van der Waals surface area contributed by atoms with Crippen molar-refractivity contribution in [2.45, 2.75) is 27.2 Å². The van der Waals surface area contributed by atoms with Crippen LogP contribution in [-0.2, 0) is 0 Å². The van der Waals surface area contributed by atoms with Gasteiger partial charge in [0.15, 0.2) is 0 Å². The summed E-state index contributed by atoms with van der Waals surface area (Å²) in [5.74, 6) is 6.12. The lowest BCUT2D eigenvalue weighted by Crippen LogP contribution is -1.88. The Morgan fingerprint density at radius 3 is 2.56 bits per heavy atom. The summed E-state index contributed by atoms with van der Waals surface area (Å²) in [6.07, 6.45) is 0.608. The van der Waals surface area contributed by atoms with Crippen molar-refractivity contribution in [1.29, 1.82) is 0 Å². The highest BCUT2D eigenvalue weighted by molar-refractivity contribution is 5.45. The van der Waals surface area contributed by atoms with E-state index in [0.717, 1.165) is 5.56 Å². The Balaban J connectivity index is 2.80. The van der Waals surface area contributed by atoms with E-state index in [2.05, 4.69) is 54.8 Å². The van der Waals surface area contributed by atoms with Gasteiger partial charge in [0.1, 0.15) is 0 Å². The summed E-state index contributed by atoms with van der Waals surface area (Å²) < 4.78 is 0. The van der Waals surface area contributed by atoms with E-state index in [9.17, 15) is 0 Å². The number of rotatable bonds is 2. The smallest absolute Gasteiger partial charge is 0.0367 e. The Labute approximate surface area is 96.1 Å². The first kappa shape index (κ1) is 12.2. The minimum absolute atomic E-state index is 0.438. The van der Waals surface area contributed by atoms with Gasteiger partial charge < -0.3 is 0 Å². The van der Waals surface area contributed by atoms with Gasteiger partial charge >= 0.3 is 0 Å². The number of nitrogens with zero attached hydrogens (tertiary/aromatic N) is 3. The van der Waals surface area contributed by atoms with Crippen LogP contribution in [0.25, 0.3) is 10.4 Å². The molecule has 3 nitrogen and oxygen atoms in total. The molecule has 0 heterocycles. The molecule has 0 aromatic heterocycles. The quantitative estimate of drug-likeness (QED) is 0.237. The monoisotopic (exact) mass is 213 g/mol. The zero-order valence-corrected chi connectivity index (χ0v) is 9.91. The molecule has 0 N–H and O–H groups in total. The van der Waals surface area contributed by atoms with Crippen LogP contribution in [-0.4, -0.2) is 6.54 Å². The summed E-state index contributed by atoms with van der Waals surface area (Å²) in [5.41, 5.74) is 12.9. The molecule has 0 bridgehead atoms. The van der Waals surface area contributed by atoms with E-state index < -0.39 is 0 Å². The second-order valence-corrected chi connectivity index (χ2v) is 3.76. The maximum Gasteiger partial charge on any atom is 0.0367 e. The summed E-state index contributed by atoms with van der Waals surface area (Å²) in [6, 6.07) is 4.25. The van der Waals surface area contributed by atoms with Crippen LogP contribution in [0.5, 0.6) is 0 Å². The first-order chi connectivity index (χ1) is 7.65. The second kappa shape index (κ2) is 5.85.